The Morgan fingerprint density at radius 2 is 1.86 bits per heavy atom. The zero-order chi connectivity index (χ0) is 21.1. The highest BCUT2D eigenvalue weighted by Crippen LogP contribution is 2.15. The number of hydrogen-bond acceptors (Lipinski definition) is 5. The lowest BCUT2D eigenvalue weighted by molar-refractivity contribution is -0.128. The molecule has 1 aliphatic heterocycles. The predicted molar refractivity (Wildman–Crippen MR) is 105 cm³/mol. The Morgan fingerprint density at radius 3 is 2.48 bits per heavy atom. The van der Waals surface area contributed by atoms with Gasteiger partial charge in [0.05, 0.1) is 6.54 Å². The number of methoxy groups -OCH3 is 1. The zero-order valence-electron chi connectivity index (χ0n) is 16.5. The van der Waals surface area contributed by atoms with E-state index in [2.05, 4.69) is 10.1 Å². The number of piperazine rings is 1. The fourth-order valence-electron chi connectivity index (χ4n) is 2.86. The molecule has 0 bridgehead atoms. The van der Waals surface area contributed by atoms with Crippen LogP contribution in [-0.2, 0) is 14.3 Å². The van der Waals surface area contributed by atoms with Crippen LogP contribution in [0.5, 0.6) is 5.75 Å². The number of ether oxygens (including phenoxy) is 2. The van der Waals surface area contributed by atoms with Gasteiger partial charge >= 0.3 is 6.61 Å². The quantitative estimate of drug-likeness (QED) is 0.468. The number of halogens is 2. The first-order valence-electron chi connectivity index (χ1n) is 9.48. The number of carbonyl (C=O) groups is 2. The van der Waals surface area contributed by atoms with Crippen LogP contribution in [0, 0.1) is 0 Å². The Hall–Kier alpha value is -2.52. The molecule has 1 heterocycles. The van der Waals surface area contributed by atoms with E-state index in [4.69, 9.17) is 4.74 Å². The molecule has 1 aromatic rings. The van der Waals surface area contributed by atoms with Gasteiger partial charge < -0.3 is 19.7 Å². The number of hydrogen-bond donors (Lipinski definition) is 1. The average Bonchev–Trinajstić information content (AvgIpc) is 2.70. The molecule has 1 fully saturated rings. The molecule has 0 saturated carbocycles. The van der Waals surface area contributed by atoms with Crippen molar-refractivity contribution in [2.45, 2.75) is 13.0 Å². The van der Waals surface area contributed by atoms with Gasteiger partial charge in [0.15, 0.2) is 0 Å². The van der Waals surface area contributed by atoms with Crippen LogP contribution in [0.1, 0.15) is 12.0 Å². The summed E-state index contributed by atoms with van der Waals surface area (Å²) in [6, 6.07) is 6.06. The van der Waals surface area contributed by atoms with Gasteiger partial charge in [0.25, 0.3) is 0 Å². The molecule has 160 valence electrons. The van der Waals surface area contributed by atoms with E-state index < -0.39 is 6.61 Å². The van der Waals surface area contributed by atoms with Crippen molar-refractivity contribution >= 4 is 17.9 Å². The molecule has 0 aromatic heterocycles. The lowest BCUT2D eigenvalue weighted by atomic mass is 10.2. The normalized spacial score (nSPS) is 15.1. The van der Waals surface area contributed by atoms with E-state index in [1.807, 2.05) is 4.90 Å². The van der Waals surface area contributed by atoms with Crippen molar-refractivity contribution in [2.24, 2.45) is 0 Å². The Kier molecular flexibility index (Phi) is 9.52. The fraction of sp³-hybridized carbons (Fsp3) is 0.500. The van der Waals surface area contributed by atoms with Crippen LogP contribution in [0.4, 0.5) is 8.78 Å². The minimum atomic E-state index is -2.86. The molecule has 0 spiro atoms. The highest BCUT2D eigenvalue weighted by atomic mass is 19.3. The molecular formula is C20H27F2N3O4. The number of rotatable bonds is 10. The summed E-state index contributed by atoms with van der Waals surface area (Å²) in [7, 11) is 1.62. The zero-order valence-corrected chi connectivity index (χ0v) is 16.5. The van der Waals surface area contributed by atoms with Crippen molar-refractivity contribution in [3.63, 3.8) is 0 Å². The monoisotopic (exact) mass is 411 g/mol. The molecule has 1 N–H and O–H groups in total. The van der Waals surface area contributed by atoms with Crippen LogP contribution in [-0.4, -0.2) is 81.2 Å². The minimum Gasteiger partial charge on any atom is -0.435 e. The predicted octanol–water partition coefficient (Wildman–Crippen LogP) is 1.60. The number of amides is 2. The molecule has 1 saturated heterocycles. The second-order valence-electron chi connectivity index (χ2n) is 6.58. The summed E-state index contributed by atoms with van der Waals surface area (Å²) in [6.45, 7) is 1.00. The molecule has 2 rings (SSSR count). The summed E-state index contributed by atoms with van der Waals surface area (Å²) in [5, 5.41) is 2.85. The number of benzene rings is 1. The Balaban J connectivity index is 1.71. The molecule has 0 atom stereocenters. The summed E-state index contributed by atoms with van der Waals surface area (Å²) in [5.74, 6) is -0.0797. The molecule has 1 aromatic carbocycles. The third kappa shape index (κ3) is 8.57. The molecular weight excluding hydrogens is 384 g/mol. The molecule has 0 radical (unpaired) electrons. The fourth-order valence-corrected chi connectivity index (χ4v) is 2.86. The van der Waals surface area contributed by atoms with Crippen LogP contribution in [0.2, 0.25) is 0 Å². The summed E-state index contributed by atoms with van der Waals surface area (Å²) >= 11 is 0. The first kappa shape index (κ1) is 22.8. The van der Waals surface area contributed by atoms with Gasteiger partial charge in [0, 0.05) is 52.5 Å². The van der Waals surface area contributed by atoms with Gasteiger partial charge in [-0.2, -0.15) is 8.78 Å². The van der Waals surface area contributed by atoms with E-state index in [1.54, 1.807) is 30.2 Å². The molecule has 7 nitrogen and oxygen atoms in total. The van der Waals surface area contributed by atoms with Crippen LogP contribution in [0.3, 0.4) is 0 Å². The molecule has 2 amide bonds. The first-order valence-corrected chi connectivity index (χ1v) is 9.48. The Labute approximate surface area is 169 Å². The number of carbonyl (C=O) groups excluding carboxylic acids is 2. The van der Waals surface area contributed by atoms with E-state index in [0.717, 1.165) is 6.42 Å². The average molecular weight is 411 g/mol. The smallest absolute Gasteiger partial charge is 0.387 e. The number of alkyl halides is 2. The second kappa shape index (κ2) is 12.1. The van der Waals surface area contributed by atoms with Gasteiger partial charge in [-0.1, -0.05) is 12.1 Å². The molecule has 0 aliphatic carbocycles. The van der Waals surface area contributed by atoms with Crippen LogP contribution in [0.15, 0.2) is 30.3 Å². The van der Waals surface area contributed by atoms with Gasteiger partial charge in [0.2, 0.25) is 11.8 Å². The van der Waals surface area contributed by atoms with Gasteiger partial charge in [-0.15, -0.1) is 0 Å². The minimum absolute atomic E-state index is 0.0277. The van der Waals surface area contributed by atoms with Crippen molar-refractivity contribution in [3.8, 4) is 5.75 Å². The Morgan fingerprint density at radius 1 is 1.17 bits per heavy atom. The Bertz CT molecular complexity index is 675. The number of nitrogens with zero attached hydrogens (tertiary/aromatic N) is 2. The topological polar surface area (TPSA) is 71.1 Å². The van der Waals surface area contributed by atoms with Gasteiger partial charge in [0.1, 0.15) is 5.75 Å². The summed E-state index contributed by atoms with van der Waals surface area (Å²) in [4.78, 5) is 28.0. The SMILES string of the molecule is COCCCNC(=O)CN1CCN(C(=O)/C=C/c2ccc(OC(F)F)cc2)CC1. The van der Waals surface area contributed by atoms with E-state index in [0.29, 0.717) is 51.4 Å². The maximum absolute atomic E-state index is 12.3. The van der Waals surface area contributed by atoms with Gasteiger partial charge in [-0.05, 0) is 30.2 Å². The van der Waals surface area contributed by atoms with E-state index in [1.165, 1.54) is 18.2 Å². The van der Waals surface area contributed by atoms with E-state index >= 15 is 0 Å². The van der Waals surface area contributed by atoms with Gasteiger partial charge in [-0.3, -0.25) is 14.5 Å². The molecule has 9 heteroatoms. The van der Waals surface area contributed by atoms with Crippen molar-refractivity contribution < 1.29 is 27.8 Å². The summed E-state index contributed by atoms with van der Waals surface area (Å²) < 4.78 is 33.5. The largest absolute Gasteiger partial charge is 0.435 e. The highest BCUT2D eigenvalue weighted by Gasteiger charge is 2.21. The van der Waals surface area contributed by atoms with Crippen molar-refractivity contribution in [2.75, 3.05) is 53.0 Å². The van der Waals surface area contributed by atoms with Crippen LogP contribution < -0.4 is 10.1 Å². The lowest BCUT2D eigenvalue weighted by Gasteiger charge is -2.33. The van der Waals surface area contributed by atoms with E-state index in [9.17, 15) is 18.4 Å². The summed E-state index contributed by atoms with van der Waals surface area (Å²) in [6.07, 6.45) is 3.87. The van der Waals surface area contributed by atoms with Crippen molar-refractivity contribution in [3.05, 3.63) is 35.9 Å². The van der Waals surface area contributed by atoms with E-state index in [-0.39, 0.29) is 17.6 Å². The maximum Gasteiger partial charge on any atom is 0.387 e. The third-order valence-electron chi connectivity index (χ3n) is 4.42. The standard InChI is InChI=1S/C20H27F2N3O4/c1-28-14-2-9-23-18(26)15-24-10-12-25(13-11-24)19(27)8-5-16-3-6-17(7-4-16)29-20(21)22/h3-8,20H,2,9-15H2,1H3,(H,23,26)/b8-5+. The molecule has 29 heavy (non-hydrogen) atoms. The lowest BCUT2D eigenvalue weighted by Crippen LogP contribution is -2.50. The number of nitrogens with one attached hydrogen (secondary N) is 1. The molecule has 0 unspecified atom stereocenters. The van der Waals surface area contributed by atoms with Crippen LogP contribution in [0.25, 0.3) is 6.08 Å². The third-order valence-corrected chi connectivity index (χ3v) is 4.42. The van der Waals surface area contributed by atoms with Crippen molar-refractivity contribution in [1.82, 2.24) is 15.1 Å². The van der Waals surface area contributed by atoms with Crippen molar-refractivity contribution in [1.29, 1.82) is 0 Å². The van der Waals surface area contributed by atoms with Gasteiger partial charge in [-0.25, -0.2) is 0 Å². The maximum atomic E-state index is 12.3. The first-order chi connectivity index (χ1) is 14.0. The highest BCUT2D eigenvalue weighted by molar-refractivity contribution is 5.91. The van der Waals surface area contributed by atoms with Crippen LogP contribution >= 0.6 is 0 Å². The second-order valence-corrected chi connectivity index (χ2v) is 6.58. The molecule has 1 aliphatic rings. The summed E-state index contributed by atoms with van der Waals surface area (Å²) in [5.41, 5.74) is 0.712.